The van der Waals surface area contributed by atoms with Crippen molar-refractivity contribution >= 4 is 17.4 Å². The monoisotopic (exact) mass is 489 g/mol. The SMILES string of the molecule is O=C(CCc1ccccc1)C1=C(O)C(=O)N(c2ccccc2)C1c1cccc(OCc2ccccc2)c1. The normalized spacial score (nSPS) is 15.2. The van der Waals surface area contributed by atoms with Crippen molar-refractivity contribution in [1.82, 2.24) is 0 Å². The molecular formula is C32H27NO4. The molecule has 1 aliphatic heterocycles. The van der Waals surface area contributed by atoms with E-state index in [1.54, 1.807) is 12.1 Å². The van der Waals surface area contributed by atoms with Crippen LogP contribution in [-0.4, -0.2) is 16.8 Å². The lowest BCUT2D eigenvalue weighted by Gasteiger charge is -2.27. The summed E-state index contributed by atoms with van der Waals surface area (Å²) in [7, 11) is 0. The van der Waals surface area contributed by atoms with Crippen molar-refractivity contribution in [2.45, 2.75) is 25.5 Å². The predicted octanol–water partition coefficient (Wildman–Crippen LogP) is 6.37. The molecule has 1 N–H and O–H groups in total. The number of para-hydroxylation sites is 1. The second kappa shape index (κ2) is 11.0. The van der Waals surface area contributed by atoms with Crippen LogP contribution < -0.4 is 9.64 Å². The number of nitrogens with zero attached hydrogens (tertiary/aromatic N) is 1. The minimum atomic E-state index is -0.765. The van der Waals surface area contributed by atoms with E-state index in [9.17, 15) is 14.7 Å². The van der Waals surface area contributed by atoms with Gasteiger partial charge >= 0.3 is 0 Å². The maximum absolute atomic E-state index is 13.5. The quantitative estimate of drug-likeness (QED) is 0.297. The van der Waals surface area contributed by atoms with E-state index in [0.29, 0.717) is 30.0 Å². The van der Waals surface area contributed by atoms with Gasteiger partial charge in [-0.15, -0.1) is 0 Å². The number of Topliss-reactive ketones (excluding diaryl/α,β-unsaturated/α-hetero) is 1. The highest BCUT2D eigenvalue weighted by molar-refractivity contribution is 6.16. The predicted molar refractivity (Wildman–Crippen MR) is 143 cm³/mol. The van der Waals surface area contributed by atoms with Gasteiger partial charge in [-0.3, -0.25) is 14.5 Å². The van der Waals surface area contributed by atoms with Crippen molar-refractivity contribution in [1.29, 1.82) is 0 Å². The summed E-state index contributed by atoms with van der Waals surface area (Å²) in [5, 5.41) is 10.9. The maximum atomic E-state index is 13.5. The summed E-state index contributed by atoms with van der Waals surface area (Å²) in [5.41, 5.74) is 3.46. The Hall–Kier alpha value is -4.64. The largest absolute Gasteiger partial charge is 0.503 e. The number of anilines is 1. The fourth-order valence-corrected chi connectivity index (χ4v) is 4.61. The number of ketones is 1. The molecule has 4 aromatic carbocycles. The van der Waals surface area contributed by atoms with Gasteiger partial charge in [0.05, 0.1) is 11.6 Å². The lowest BCUT2D eigenvalue weighted by Crippen LogP contribution is -2.31. The first-order valence-corrected chi connectivity index (χ1v) is 12.3. The smallest absolute Gasteiger partial charge is 0.294 e. The van der Waals surface area contributed by atoms with Crippen molar-refractivity contribution in [2.24, 2.45) is 0 Å². The average Bonchev–Trinajstić information content (AvgIpc) is 3.22. The van der Waals surface area contributed by atoms with Crippen molar-refractivity contribution in [2.75, 3.05) is 4.90 Å². The summed E-state index contributed by atoms with van der Waals surface area (Å²) in [5.74, 6) is -0.726. The van der Waals surface area contributed by atoms with Gasteiger partial charge in [0.25, 0.3) is 5.91 Å². The third-order valence-electron chi connectivity index (χ3n) is 6.45. The first-order valence-electron chi connectivity index (χ1n) is 12.3. The number of carbonyl (C=O) groups is 2. The molecule has 184 valence electrons. The second-order valence-corrected chi connectivity index (χ2v) is 8.93. The van der Waals surface area contributed by atoms with Crippen molar-refractivity contribution in [3.63, 3.8) is 0 Å². The number of aliphatic hydroxyl groups excluding tert-OH is 1. The lowest BCUT2D eigenvalue weighted by molar-refractivity contribution is -0.118. The van der Waals surface area contributed by atoms with E-state index in [2.05, 4.69) is 0 Å². The fourth-order valence-electron chi connectivity index (χ4n) is 4.61. The number of hydrogen-bond donors (Lipinski definition) is 1. The first kappa shape index (κ1) is 24.1. The van der Waals surface area contributed by atoms with Gasteiger partial charge in [0.15, 0.2) is 11.5 Å². The Morgan fingerprint density at radius 1 is 0.784 bits per heavy atom. The van der Waals surface area contributed by atoms with Crippen molar-refractivity contribution in [3.05, 3.63) is 143 Å². The molecule has 0 fully saturated rings. The van der Waals surface area contributed by atoms with Gasteiger partial charge in [-0.25, -0.2) is 0 Å². The van der Waals surface area contributed by atoms with Gasteiger partial charge in [-0.05, 0) is 47.4 Å². The summed E-state index contributed by atoms with van der Waals surface area (Å²) in [6.45, 7) is 0.389. The van der Waals surface area contributed by atoms with Crippen molar-refractivity contribution < 1.29 is 19.4 Å². The Kier molecular flexibility index (Phi) is 7.13. The second-order valence-electron chi connectivity index (χ2n) is 8.93. The fraction of sp³-hybridized carbons (Fsp3) is 0.125. The molecule has 5 nitrogen and oxygen atoms in total. The third-order valence-corrected chi connectivity index (χ3v) is 6.45. The van der Waals surface area contributed by atoms with Gasteiger partial charge in [-0.1, -0.05) is 91.0 Å². The van der Waals surface area contributed by atoms with Crippen molar-refractivity contribution in [3.8, 4) is 5.75 Å². The van der Waals surface area contributed by atoms with Gasteiger partial charge in [-0.2, -0.15) is 0 Å². The number of rotatable bonds is 9. The molecule has 0 aromatic heterocycles. The van der Waals surface area contributed by atoms with Crippen LogP contribution >= 0.6 is 0 Å². The summed E-state index contributed by atoms with van der Waals surface area (Å²) >= 11 is 0. The van der Waals surface area contributed by atoms with E-state index in [4.69, 9.17) is 4.74 Å². The van der Waals surface area contributed by atoms with Gasteiger partial charge in [0, 0.05) is 12.1 Å². The summed E-state index contributed by atoms with van der Waals surface area (Å²) in [6.07, 6.45) is 0.697. The summed E-state index contributed by atoms with van der Waals surface area (Å²) in [4.78, 5) is 28.3. The van der Waals surface area contributed by atoms with Gasteiger partial charge < -0.3 is 9.84 Å². The Bertz CT molecular complexity index is 1420. The van der Waals surface area contributed by atoms with Gasteiger partial charge in [0.2, 0.25) is 0 Å². The lowest BCUT2D eigenvalue weighted by atomic mass is 9.93. The molecule has 1 atom stereocenters. The molecular weight excluding hydrogens is 462 g/mol. The maximum Gasteiger partial charge on any atom is 0.294 e. The number of hydrogen-bond acceptors (Lipinski definition) is 4. The zero-order valence-corrected chi connectivity index (χ0v) is 20.3. The summed E-state index contributed by atoms with van der Waals surface area (Å²) < 4.78 is 6.02. The minimum absolute atomic E-state index is 0.116. The number of ether oxygens (including phenoxy) is 1. The molecule has 0 bridgehead atoms. The summed E-state index contributed by atoms with van der Waals surface area (Å²) in [6, 6.07) is 35.2. The molecule has 0 spiro atoms. The van der Waals surface area contributed by atoms with E-state index in [1.807, 2.05) is 103 Å². The topological polar surface area (TPSA) is 66.8 Å². The molecule has 1 amide bonds. The minimum Gasteiger partial charge on any atom is -0.503 e. The number of benzene rings is 4. The average molecular weight is 490 g/mol. The molecule has 5 heteroatoms. The number of carbonyl (C=O) groups excluding carboxylic acids is 2. The Morgan fingerprint density at radius 3 is 2.08 bits per heavy atom. The van der Waals surface area contributed by atoms with E-state index in [-0.39, 0.29) is 17.8 Å². The van der Waals surface area contributed by atoms with E-state index in [1.165, 1.54) is 4.90 Å². The van der Waals surface area contributed by atoms with E-state index in [0.717, 1.165) is 11.1 Å². The Balaban J connectivity index is 1.47. The van der Waals surface area contributed by atoms with Crippen LogP contribution in [0.3, 0.4) is 0 Å². The molecule has 0 saturated heterocycles. The number of aliphatic hydroxyl groups is 1. The Morgan fingerprint density at radius 2 is 1.41 bits per heavy atom. The van der Waals surface area contributed by atoms with E-state index >= 15 is 0 Å². The molecule has 5 rings (SSSR count). The van der Waals surface area contributed by atoms with Crippen LogP contribution in [0.1, 0.15) is 29.2 Å². The zero-order chi connectivity index (χ0) is 25.6. The van der Waals surface area contributed by atoms with Crippen LogP contribution in [0.4, 0.5) is 5.69 Å². The number of aryl methyl sites for hydroxylation is 1. The molecule has 1 unspecified atom stereocenters. The van der Waals surface area contributed by atoms with Crippen LogP contribution in [0.25, 0.3) is 0 Å². The van der Waals surface area contributed by atoms with Crippen LogP contribution in [0.2, 0.25) is 0 Å². The van der Waals surface area contributed by atoms with E-state index < -0.39 is 17.7 Å². The molecule has 1 aliphatic rings. The highest BCUT2D eigenvalue weighted by Crippen LogP contribution is 2.42. The standard InChI is InChI=1S/C32H27NO4/c34-28(20-19-23-11-4-1-5-12-23)29-30(33(32(36)31(29)35)26-16-8-3-9-17-26)25-15-10-18-27(21-25)37-22-24-13-6-2-7-14-24/h1-18,21,30,35H,19-20,22H2. The highest BCUT2D eigenvalue weighted by Gasteiger charge is 2.44. The third kappa shape index (κ3) is 5.31. The first-order chi connectivity index (χ1) is 18.1. The van der Waals surface area contributed by atoms with Gasteiger partial charge in [0.1, 0.15) is 12.4 Å². The molecule has 0 aliphatic carbocycles. The molecule has 4 aromatic rings. The van der Waals surface area contributed by atoms with Crippen LogP contribution in [0, 0.1) is 0 Å². The molecule has 0 saturated carbocycles. The molecule has 0 radical (unpaired) electrons. The highest BCUT2D eigenvalue weighted by atomic mass is 16.5. The van der Waals surface area contributed by atoms with Crippen LogP contribution in [-0.2, 0) is 22.6 Å². The molecule has 37 heavy (non-hydrogen) atoms. The zero-order valence-electron chi connectivity index (χ0n) is 20.3. The molecule has 1 heterocycles. The number of amides is 1. The van der Waals surface area contributed by atoms with Crippen LogP contribution in [0.15, 0.2) is 127 Å². The Labute approximate surface area is 216 Å². The van der Waals surface area contributed by atoms with Crippen LogP contribution in [0.5, 0.6) is 5.75 Å².